The van der Waals surface area contributed by atoms with Crippen LogP contribution in [0, 0.1) is 37.0 Å². The number of anilines is 1. The number of nitriles is 1. The predicted molar refractivity (Wildman–Crippen MR) is 136 cm³/mol. The van der Waals surface area contributed by atoms with Crippen LogP contribution in [-0.2, 0) is 4.79 Å². The lowest BCUT2D eigenvalue weighted by atomic mass is 9.74. The van der Waals surface area contributed by atoms with Crippen molar-refractivity contribution in [3.63, 3.8) is 0 Å². The molecule has 3 heterocycles. The molecule has 1 aliphatic heterocycles. The molecule has 2 aliphatic carbocycles. The van der Waals surface area contributed by atoms with Crippen LogP contribution in [0.2, 0.25) is 0 Å². The minimum atomic E-state index is -0.248. The molecule has 1 saturated heterocycles. The lowest BCUT2D eigenvalue weighted by molar-refractivity contribution is -0.118. The van der Waals surface area contributed by atoms with E-state index in [1.54, 1.807) is 17.1 Å². The van der Waals surface area contributed by atoms with E-state index in [1.807, 2.05) is 43.9 Å². The number of aryl methyl sites for hydroxylation is 2. The Bertz CT molecular complexity index is 1450. The van der Waals surface area contributed by atoms with Crippen LogP contribution in [0.4, 0.5) is 5.82 Å². The Morgan fingerprint density at radius 3 is 2.73 bits per heavy atom. The third kappa shape index (κ3) is 4.16. The SMILES string of the molecule is Cc1ccc(C#N)c([C@H]2C[C@@H](NC(=O)c3cn(C(C)c4cnc(N5C[C@H]6C[C@H]6C5=O)c(C)c4)nn3)C2)c1. The molecule has 2 aromatic heterocycles. The molecule has 9 nitrogen and oxygen atoms in total. The number of carbonyl (C=O) groups excluding carboxylic acids is 2. The molecule has 37 heavy (non-hydrogen) atoms. The zero-order chi connectivity index (χ0) is 25.8. The number of piperidine rings is 1. The van der Waals surface area contributed by atoms with Crippen LogP contribution < -0.4 is 10.2 Å². The Morgan fingerprint density at radius 2 is 2.03 bits per heavy atom. The molecule has 6 rings (SSSR count). The third-order valence-corrected chi connectivity index (χ3v) is 8.11. The lowest BCUT2D eigenvalue weighted by Gasteiger charge is -2.36. The van der Waals surface area contributed by atoms with Gasteiger partial charge in [-0.15, -0.1) is 5.10 Å². The van der Waals surface area contributed by atoms with E-state index in [0.29, 0.717) is 11.5 Å². The summed E-state index contributed by atoms with van der Waals surface area (Å²) >= 11 is 0. The van der Waals surface area contributed by atoms with Crippen LogP contribution in [0.25, 0.3) is 0 Å². The molecule has 1 unspecified atom stereocenters. The maximum atomic E-state index is 12.8. The van der Waals surface area contributed by atoms with Gasteiger partial charge in [0.05, 0.1) is 23.9 Å². The molecule has 3 aliphatic rings. The number of carbonyl (C=O) groups is 2. The van der Waals surface area contributed by atoms with Crippen molar-refractivity contribution >= 4 is 17.6 Å². The highest BCUT2D eigenvalue weighted by atomic mass is 16.2. The summed E-state index contributed by atoms with van der Waals surface area (Å²) in [5.41, 5.74) is 5.06. The Hall–Kier alpha value is -4.06. The zero-order valence-electron chi connectivity index (χ0n) is 21.2. The molecule has 188 valence electrons. The van der Waals surface area contributed by atoms with Gasteiger partial charge in [-0.3, -0.25) is 14.5 Å². The molecule has 0 radical (unpaired) electrons. The van der Waals surface area contributed by atoms with E-state index in [1.165, 1.54) is 0 Å². The van der Waals surface area contributed by atoms with E-state index >= 15 is 0 Å². The van der Waals surface area contributed by atoms with E-state index in [-0.39, 0.29) is 41.4 Å². The van der Waals surface area contributed by atoms with Gasteiger partial charge >= 0.3 is 0 Å². The summed E-state index contributed by atoms with van der Waals surface area (Å²) < 4.78 is 1.66. The number of hydrogen-bond acceptors (Lipinski definition) is 6. The largest absolute Gasteiger partial charge is 0.348 e. The molecular weight excluding hydrogens is 466 g/mol. The monoisotopic (exact) mass is 495 g/mol. The van der Waals surface area contributed by atoms with Crippen molar-refractivity contribution in [3.05, 3.63) is 70.2 Å². The maximum Gasteiger partial charge on any atom is 0.273 e. The fraction of sp³-hybridized carbons (Fsp3) is 0.429. The van der Waals surface area contributed by atoms with Gasteiger partial charge in [0, 0.05) is 24.7 Å². The highest BCUT2D eigenvalue weighted by Gasteiger charge is 2.53. The van der Waals surface area contributed by atoms with E-state index in [4.69, 9.17) is 0 Å². The van der Waals surface area contributed by atoms with Crippen LogP contribution >= 0.6 is 0 Å². The summed E-state index contributed by atoms with van der Waals surface area (Å²) in [5, 5.41) is 20.8. The van der Waals surface area contributed by atoms with E-state index < -0.39 is 0 Å². The van der Waals surface area contributed by atoms with Gasteiger partial charge in [0.15, 0.2) is 5.69 Å². The minimum Gasteiger partial charge on any atom is -0.348 e. The molecule has 2 saturated carbocycles. The first-order valence-electron chi connectivity index (χ1n) is 12.8. The third-order valence-electron chi connectivity index (χ3n) is 8.11. The number of amides is 2. The van der Waals surface area contributed by atoms with Crippen molar-refractivity contribution in [1.82, 2.24) is 25.3 Å². The number of aromatic nitrogens is 4. The highest BCUT2D eigenvalue weighted by Crippen LogP contribution is 2.47. The molecule has 1 N–H and O–H groups in total. The fourth-order valence-corrected chi connectivity index (χ4v) is 5.66. The average molecular weight is 496 g/mol. The van der Waals surface area contributed by atoms with E-state index in [2.05, 4.69) is 32.7 Å². The number of nitrogens with one attached hydrogen (secondary N) is 1. The Balaban J connectivity index is 1.08. The summed E-state index contributed by atoms with van der Waals surface area (Å²) in [4.78, 5) is 31.7. The second-order valence-corrected chi connectivity index (χ2v) is 10.8. The summed E-state index contributed by atoms with van der Waals surface area (Å²) in [7, 11) is 0. The van der Waals surface area contributed by atoms with Crippen molar-refractivity contribution in [2.45, 2.75) is 58.0 Å². The van der Waals surface area contributed by atoms with Gasteiger partial charge in [-0.2, -0.15) is 5.26 Å². The van der Waals surface area contributed by atoms with Gasteiger partial charge in [-0.25, -0.2) is 9.67 Å². The first-order valence-corrected chi connectivity index (χ1v) is 12.8. The molecule has 0 bridgehead atoms. The van der Waals surface area contributed by atoms with Gasteiger partial charge in [-0.05, 0) is 80.7 Å². The predicted octanol–water partition coefficient (Wildman–Crippen LogP) is 3.43. The first-order chi connectivity index (χ1) is 17.8. The molecule has 3 atom stereocenters. The van der Waals surface area contributed by atoms with Crippen LogP contribution in [-0.4, -0.2) is 44.4 Å². The Kier molecular flexibility index (Phi) is 5.55. The summed E-state index contributed by atoms with van der Waals surface area (Å²) in [5.74, 6) is 1.64. The molecular formula is C28H29N7O2. The number of benzene rings is 1. The van der Waals surface area contributed by atoms with Gasteiger partial charge in [-0.1, -0.05) is 22.9 Å². The lowest BCUT2D eigenvalue weighted by Crippen LogP contribution is -2.43. The second-order valence-electron chi connectivity index (χ2n) is 10.8. The maximum absolute atomic E-state index is 12.8. The van der Waals surface area contributed by atoms with Gasteiger partial charge in [0.25, 0.3) is 5.91 Å². The van der Waals surface area contributed by atoms with Crippen LogP contribution in [0.15, 0.2) is 36.7 Å². The molecule has 3 aromatic rings. The summed E-state index contributed by atoms with van der Waals surface area (Å²) in [6.07, 6.45) is 6.05. The van der Waals surface area contributed by atoms with Gasteiger partial charge in [0.1, 0.15) is 5.82 Å². The van der Waals surface area contributed by atoms with Gasteiger partial charge in [0.2, 0.25) is 5.91 Å². The number of rotatable bonds is 6. The average Bonchev–Trinajstić information content (AvgIpc) is 3.32. The first kappa shape index (κ1) is 23.3. The standard InChI is InChI=1S/C28H29N7O2/c1-15-4-5-18(11-29)23(6-15)19-8-22(9-19)31-27(36)25-14-35(33-32-25)17(3)20-7-16(2)26(30-12-20)34-13-21-10-24(21)28(34)37/h4-7,12,14,17,19,21-22,24H,8-10,13H2,1-3H3,(H,31,36)/t17?,19-,21-,22+,24-/m1/s1. The topological polar surface area (TPSA) is 117 Å². The van der Waals surface area contributed by atoms with Gasteiger partial charge < -0.3 is 5.32 Å². The molecule has 2 amide bonds. The second kappa shape index (κ2) is 8.80. The van der Waals surface area contributed by atoms with Crippen LogP contribution in [0.3, 0.4) is 0 Å². The minimum absolute atomic E-state index is 0.0471. The van der Waals surface area contributed by atoms with Crippen LogP contribution in [0.1, 0.15) is 76.5 Å². The highest BCUT2D eigenvalue weighted by molar-refractivity contribution is 5.99. The quantitative estimate of drug-likeness (QED) is 0.560. The summed E-state index contributed by atoms with van der Waals surface area (Å²) in [6.45, 7) is 6.74. The van der Waals surface area contributed by atoms with E-state index in [9.17, 15) is 14.9 Å². The van der Waals surface area contributed by atoms with E-state index in [0.717, 1.165) is 53.9 Å². The van der Waals surface area contributed by atoms with Crippen molar-refractivity contribution < 1.29 is 9.59 Å². The van der Waals surface area contributed by atoms with Crippen molar-refractivity contribution in [2.24, 2.45) is 11.8 Å². The fourth-order valence-electron chi connectivity index (χ4n) is 5.66. The molecule has 0 spiro atoms. The number of fused-ring (bicyclic) bond motifs is 1. The normalized spacial score (nSPS) is 24.7. The molecule has 1 aromatic carbocycles. The summed E-state index contributed by atoms with van der Waals surface area (Å²) in [6, 6.07) is 10.1. The van der Waals surface area contributed by atoms with Crippen molar-refractivity contribution in [3.8, 4) is 6.07 Å². The van der Waals surface area contributed by atoms with Crippen molar-refractivity contribution in [2.75, 3.05) is 11.4 Å². The van der Waals surface area contributed by atoms with Crippen LogP contribution in [0.5, 0.6) is 0 Å². The smallest absolute Gasteiger partial charge is 0.273 e. The number of pyridine rings is 1. The molecule has 9 heteroatoms. The van der Waals surface area contributed by atoms with Crippen molar-refractivity contribution in [1.29, 1.82) is 5.26 Å². The Morgan fingerprint density at radius 1 is 1.22 bits per heavy atom. The number of nitrogens with zero attached hydrogens (tertiary/aromatic N) is 6. The zero-order valence-corrected chi connectivity index (χ0v) is 21.2. The Labute approximate surface area is 215 Å². The molecule has 3 fully saturated rings. The number of hydrogen-bond donors (Lipinski definition) is 1.